The summed E-state index contributed by atoms with van der Waals surface area (Å²) in [5, 5.41) is 10.6. The van der Waals surface area contributed by atoms with E-state index in [2.05, 4.69) is 149 Å². The molecule has 17 nitrogen and oxygen atoms in total. The maximum Gasteiger partial charge on any atom is 0.472 e. The number of ether oxygens (including phenoxy) is 4. The fourth-order valence-electron chi connectivity index (χ4n) is 10.6. The zero-order valence-electron chi connectivity index (χ0n) is 65.4. The fraction of sp³-hybridized carbons (Fsp3) is 0.718. The standard InChI is InChI=1S/C85H146O17P2/c1-5-9-13-17-21-25-29-33-35-37-39-41-43-47-49-53-57-61-65-69-82(87)95-75-80(101-84(89)71-67-63-59-55-51-45-31-27-23-19-15-11-7-3)77-99-103(91,92)97-73-79(86)74-98-104(93,94)100-78-81(102-85(90)72-68-64-60-56-52-46-32-28-24-20-16-12-8-4)76-96-83(88)70-66-62-58-54-50-48-44-42-40-38-36-34-30-26-22-18-14-10-6-2/h15-16,19-22,25-28,31-36,39-42,79-81,86H,5-14,17-18,23-24,29-30,37-38,43-78H2,1-4H3,(H,91,92)(H,93,94)/b19-15-,20-16-,25-21-,26-22-,31-27-,32-28-,35-33-,36-34-,41-39-,42-40-. The van der Waals surface area contributed by atoms with E-state index in [0.717, 1.165) is 218 Å². The monoisotopic (exact) mass is 1500 g/mol. The number of carbonyl (C=O) groups excluding carboxylic acids is 4. The van der Waals surface area contributed by atoms with Gasteiger partial charge in [-0.3, -0.25) is 37.3 Å². The van der Waals surface area contributed by atoms with Crippen LogP contribution in [0.5, 0.6) is 0 Å². The molecule has 104 heavy (non-hydrogen) atoms. The van der Waals surface area contributed by atoms with Gasteiger partial charge in [-0.05, 0) is 154 Å². The molecule has 0 rings (SSSR count). The molecule has 0 aromatic heterocycles. The molecule has 598 valence electrons. The van der Waals surface area contributed by atoms with Gasteiger partial charge in [0, 0.05) is 25.7 Å². The molecule has 4 atom stereocenters. The highest BCUT2D eigenvalue weighted by atomic mass is 31.2. The molecule has 0 spiro atoms. The Kier molecular flexibility index (Phi) is 73.3. The van der Waals surface area contributed by atoms with Gasteiger partial charge in [-0.25, -0.2) is 9.13 Å². The summed E-state index contributed by atoms with van der Waals surface area (Å²) in [6.45, 7) is 4.65. The number of aliphatic hydroxyl groups is 1. The van der Waals surface area contributed by atoms with Gasteiger partial charge in [0.2, 0.25) is 0 Å². The minimum absolute atomic E-state index is 0.0735. The average molecular weight is 1500 g/mol. The van der Waals surface area contributed by atoms with E-state index in [4.69, 9.17) is 37.0 Å². The molecule has 0 saturated heterocycles. The summed E-state index contributed by atoms with van der Waals surface area (Å²) in [5.41, 5.74) is 0. The molecule has 0 bridgehead atoms. The van der Waals surface area contributed by atoms with Crippen LogP contribution in [0.25, 0.3) is 0 Å². The fourth-order valence-corrected chi connectivity index (χ4v) is 12.2. The molecule has 0 aliphatic heterocycles. The van der Waals surface area contributed by atoms with Gasteiger partial charge in [-0.15, -0.1) is 0 Å². The van der Waals surface area contributed by atoms with Gasteiger partial charge in [0.25, 0.3) is 0 Å². The van der Waals surface area contributed by atoms with Gasteiger partial charge in [-0.1, -0.05) is 278 Å². The second-order valence-electron chi connectivity index (χ2n) is 27.0. The van der Waals surface area contributed by atoms with Crippen molar-refractivity contribution in [3.05, 3.63) is 122 Å². The molecular formula is C85H146O17P2. The zero-order valence-corrected chi connectivity index (χ0v) is 67.2. The van der Waals surface area contributed by atoms with E-state index in [9.17, 15) is 43.2 Å². The van der Waals surface area contributed by atoms with Crippen molar-refractivity contribution >= 4 is 39.5 Å². The van der Waals surface area contributed by atoms with E-state index in [1.54, 1.807) is 0 Å². The molecule has 0 aliphatic carbocycles. The second kappa shape index (κ2) is 76.6. The van der Waals surface area contributed by atoms with Gasteiger partial charge in [0.15, 0.2) is 12.2 Å². The Hall–Kier alpha value is -4.54. The van der Waals surface area contributed by atoms with E-state index in [1.165, 1.54) is 38.5 Å². The summed E-state index contributed by atoms with van der Waals surface area (Å²) in [4.78, 5) is 73.0. The van der Waals surface area contributed by atoms with E-state index in [0.29, 0.717) is 25.7 Å². The van der Waals surface area contributed by atoms with Crippen LogP contribution in [-0.2, 0) is 65.4 Å². The van der Waals surface area contributed by atoms with Crippen LogP contribution < -0.4 is 0 Å². The third-order valence-electron chi connectivity index (χ3n) is 16.8. The third kappa shape index (κ3) is 75.7. The van der Waals surface area contributed by atoms with Crippen molar-refractivity contribution in [1.29, 1.82) is 0 Å². The van der Waals surface area contributed by atoms with E-state index >= 15 is 0 Å². The number of rotatable bonds is 76. The van der Waals surface area contributed by atoms with Gasteiger partial charge in [0.05, 0.1) is 26.4 Å². The normalized spacial score (nSPS) is 14.5. The van der Waals surface area contributed by atoms with Crippen LogP contribution in [-0.4, -0.2) is 96.7 Å². The Balaban J connectivity index is 5.35. The molecule has 0 saturated carbocycles. The highest BCUT2D eigenvalue weighted by molar-refractivity contribution is 7.47. The first-order chi connectivity index (χ1) is 50.7. The number of unbranched alkanes of at least 4 members (excludes halogenated alkanes) is 30. The maximum atomic E-state index is 13.1. The van der Waals surface area contributed by atoms with Crippen LogP contribution >= 0.6 is 15.6 Å². The summed E-state index contributed by atoms with van der Waals surface area (Å²) in [5.74, 6) is -2.23. The molecule has 0 heterocycles. The molecule has 4 unspecified atom stereocenters. The molecule has 0 fully saturated rings. The topological polar surface area (TPSA) is 237 Å². The summed E-state index contributed by atoms with van der Waals surface area (Å²) in [6, 6.07) is 0. The quantitative estimate of drug-likeness (QED) is 0.0169. The lowest BCUT2D eigenvalue weighted by Crippen LogP contribution is -2.30. The van der Waals surface area contributed by atoms with E-state index < -0.39 is 97.5 Å². The minimum atomic E-state index is -4.99. The van der Waals surface area contributed by atoms with Crippen molar-refractivity contribution in [2.75, 3.05) is 39.6 Å². The number of esters is 4. The largest absolute Gasteiger partial charge is 0.472 e. The summed E-state index contributed by atoms with van der Waals surface area (Å²) < 4.78 is 68.6. The Morgan fingerprint density at radius 2 is 0.490 bits per heavy atom. The number of hydrogen-bond acceptors (Lipinski definition) is 15. The van der Waals surface area contributed by atoms with Crippen molar-refractivity contribution in [3.63, 3.8) is 0 Å². The lowest BCUT2D eigenvalue weighted by atomic mass is 10.1. The maximum absolute atomic E-state index is 13.1. The van der Waals surface area contributed by atoms with Crippen molar-refractivity contribution in [1.82, 2.24) is 0 Å². The highest BCUT2D eigenvalue weighted by Crippen LogP contribution is 2.45. The average Bonchev–Trinajstić information content (AvgIpc) is 0.911. The molecule has 0 aliphatic rings. The predicted octanol–water partition coefficient (Wildman–Crippen LogP) is 23.9. The molecule has 0 aromatic carbocycles. The van der Waals surface area contributed by atoms with Gasteiger partial charge < -0.3 is 33.8 Å². The Bertz CT molecular complexity index is 2280. The van der Waals surface area contributed by atoms with Crippen LogP contribution in [0.4, 0.5) is 0 Å². The van der Waals surface area contributed by atoms with E-state index in [-0.39, 0.29) is 25.7 Å². The highest BCUT2D eigenvalue weighted by Gasteiger charge is 2.30. The lowest BCUT2D eigenvalue weighted by Gasteiger charge is -2.21. The van der Waals surface area contributed by atoms with Crippen molar-refractivity contribution in [2.24, 2.45) is 0 Å². The van der Waals surface area contributed by atoms with Crippen molar-refractivity contribution in [2.45, 2.75) is 354 Å². The predicted molar refractivity (Wildman–Crippen MR) is 427 cm³/mol. The minimum Gasteiger partial charge on any atom is -0.462 e. The van der Waals surface area contributed by atoms with Crippen LogP contribution in [0.1, 0.15) is 336 Å². The van der Waals surface area contributed by atoms with Crippen LogP contribution in [0.15, 0.2) is 122 Å². The molecule has 0 radical (unpaired) electrons. The summed E-state index contributed by atoms with van der Waals surface area (Å²) in [6.07, 6.45) is 84.5. The van der Waals surface area contributed by atoms with Gasteiger partial charge >= 0.3 is 39.5 Å². The van der Waals surface area contributed by atoms with Crippen LogP contribution in [0.3, 0.4) is 0 Å². The Morgan fingerprint density at radius 3 is 0.760 bits per heavy atom. The second-order valence-corrected chi connectivity index (χ2v) is 29.9. The first-order valence-electron chi connectivity index (χ1n) is 40.8. The summed E-state index contributed by atoms with van der Waals surface area (Å²) >= 11 is 0. The number of phosphoric ester groups is 2. The van der Waals surface area contributed by atoms with Gasteiger partial charge in [-0.2, -0.15) is 0 Å². The van der Waals surface area contributed by atoms with Crippen molar-refractivity contribution < 1.29 is 80.2 Å². The number of aliphatic hydroxyl groups excluding tert-OH is 1. The van der Waals surface area contributed by atoms with Crippen molar-refractivity contribution in [3.8, 4) is 0 Å². The molecule has 3 N–H and O–H groups in total. The van der Waals surface area contributed by atoms with E-state index in [1.807, 2.05) is 0 Å². The molecule has 0 aromatic rings. The zero-order chi connectivity index (χ0) is 76.0. The van der Waals surface area contributed by atoms with Crippen LogP contribution in [0.2, 0.25) is 0 Å². The van der Waals surface area contributed by atoms with Crippen LogP contribution in [0, 0.1) is 0 Å². The SMILES string of the molecule is CCC/C=C\C/C=C\CCCCCCCC(=O)OC(COC(=O)CCCCCCCC/C=C\C/C=C\C/C=C\CCCCC)COP(=O)(O)OCC(O)COP(=O)(O)OCC(COC(=O)CCCCCCCC/C=C\C/C=C\C/C=C\CCCCC)OC(=O)CCCCCCC/C=C\C/C=C\CCC. The Morgan fingerprint density at radius 1 is 0.269 bits per heavy atom. The Labute approximate surface area is 632 Å². The first kappa shape index (κ1) is 99.5. The smallest absolute Gasteiger partial charge is 0.462 e. The number of phosphoric acid groups is 2. The molecule has 0 amide bonds. The third-order valence-corrected chi connectivity index (χ3v) is 18.7. The number of hydrogen-bond donors (Lipinski definition) is 3. The lowest BCUT2D eigenvalue weighted by molar-refractivity contribution is -0.161. The first-order valence-corrected chi connectivity index (χ1v) is 43.8. The molecule has 19 heteroatoms. The number of carbonyl (C=O) groups is 4. The molecular weight excluding hydrogens is 1350 g/mol. The summed E-state index contributed by atoms with van der Waals surface area (Å²) in [7, 11) is -9.97. The number of allylic oxidation sites excluding steroid dienone is 20. The van der Waals surface area contributed by atoms with Gasteiger partial charge in [0.1, 0.15) is 19.3 Å².